The molecule has 0 radical (unpaired) electrons. The molecule has 0 saturated carbocycles. The standard InChI is InChI=1S/C30H38O4/c1-17-7-10-23(13-20(17)4)27(24-11-8-18(2)21(5)14-24)28(30(34)29(33)26(32)16-31)25-12-9-19(3)22(6)15-25/h7-15,26-34H,16H2,1-6H3/t26-,28+,29-,30+/m1/s1. The van der Waals surface area contributed by atoms with Crippen molar-refractivity contribution in [3.8, 4) is 0 Å². The van der Waals surface area contributed by atoms with Crippen LogP contribution >= 0.6 is 0 Å². The van der Waals surface area contributed by atoms with E-state index >= 15 is 0 Å². The number of hydrogen-bond donors (Lipinski definition) is 4. The van der Waals surface area contributed by atoms with E-state index in [0.29, 0.717) is 0 Å². The van der Waals surface area contributed by atoms with Gasteiger partial charge in [0.2, 0.25) is 0 Å². The fraction of sp³-hybridized carbons (Fsp3) is 0.400. The van der Waals surface area contributed by atoms with E-state index in [9.17, 15) is 20.4 Å². The molecule has 0 unspecified atom stereocenters. The minimum Gasteiger partial charge on any atom is -0.394 e. The van der Waals surface area contributed by atoms with Crippen molar-refractivity contribution in [3.63, 3.8) is 0 Å². The molecule has 0 aromatic heterocycles. The molecular formula is C30H38O4. The quantitative estimate of drug-likeness (QED) is 0.397. The Hall–Kier alpha value is -2.50. The smallest absolute Gasteiger partial charge is 0.109 e. The minimum absolute atomic E-state index is 0.281. The van der Waals surface area contributed by atoms with E-state index in [-0.39, 0.29) is 5.92 Å². The molecular weight excluding hydrogens is 424 g/mol. The number of aliphatic hydroxyl groups is 4. The summed E-state index contributed by atoms with van der Waals surface area (Å²) in [6, 6.07) is 18.7. The Labute approximate surface area is 203 Å². The maximum Gasteiger partial charge on any atom is 0.109 e. The van der Waals surface area contributed by atoms with Crippen molar-refractivity contribution in [2.24, 2.45) is 0 Å². The molecule has 0 fully saturated rings. The largest absolute Gasteiger partial charge is 0.394 e. The zero-order chi connectivity index (χ0) is 25.2. The first-order valence-corrected chi connectivity index (χ1v) is 11.9. The molecule has 0 amide bonds. The van der Waals surface area contributed by atoms with Gasteiger partial charge in [0.15, 0.2) is 0 Å². The van der Waals surface area contributed by atoms with E-state index in [2.05, 4.69) is 70.2 Å². The molecule has 0 aliphatic carbocycles. The predicted molar refractivity (Wildman–Crippen MR) is 137 cm³/mol. The third-order valence-electron chi connectivity index (χ3n) is 7.35. The van der Waals surface area contributed by atoms with E-state index in [1.807, 2.05) is 26.0 Å². The number of rotatable bonds is 8. The van der Waals surface area contributed by atoms with Crippen LogP contribution in [-0.4, -0.2) is 45.3 Å². The van der Waals surface area contributed by atoms with Gasteiger partial charge in [0.05, 0.1) is 12.7 Å². The van der Waals surface area contributed by atoms with Gasteiger partial charge in [-0.25, -0.2) is 0 Å². The van der Waals surface area contributed by atoms with E-state index < -0.39 is 30.8 Å². The number of aliphatic hydroxyl groups excluding tert-OH is 4. The van der Waals surface area contributed by atoms with E-state index in [1.54, 1.807) is 0 Å². The van der Waals surface area contributed by atoms with Crippen molar-refractivity contribution in [1.82, 2.24) is 0 Å². The molecule has 0 saturated heterocycles. The highest BCUT2D eigenvalue weighted by molar-refractivity contribution is 5.45. The monoisotopic (exact) mass is 462 g/mol. The molecule has 4 N–H and O–H groups in total. The lowest BCUT2D eigenvalue weighted by Crippen LogP contribution is -2.44. The van der Waals surface area contributed by atoms with Crippen LogP contribution in [0.15, 0.2) is 54.6 Å². The first kappa shape index (κ1) is 26.1. The van der Waals surface area contributed by atoms with Gasteiger partial charge in [-0.1, -0.05) is 54.6 Å². The predicted octanol–water partition coefficient (Wildman–Crippen LogP) is 4.53. The van der Waals surface area contributed by atoms with Gasteiger partial charge in [-0.3, -0.25) is 0 Å². The van der Waals surface area contributed by atoms with Crippen LogP contribution in [0.2, 0.25) is 0 Å². The molecule has 0 aliphatic heterocycles. The summed E-state index contributed by atoms with van der Waals surface area (Å²) in [4.78, 5) is 0. The highest BCUT2D eigenvalue weighted by Gasteiger charge is 2.38. The van der Waals surface area contributed by atoms with Gasteiger partial charge in [-0.2, -0.15) is 0 Å². The lowest BCUT2D eigenvalue weighted by molar-refractivity contribution is -0.0857. The maximum atomic E-state index is 11.5. The summed E-state index contributed by atoms with van der Waals surface area (Å²) in [6.45, 7) is 11.7. The highest BCUT2D eigenvalue weighted by atomic mass is 16.4. The normalized spacial score (nSPS) is 15.3. The number of hydrogen-bond acceptors (Lipinski definition) is 4. The molecule has 3 aromatic carbocycles. The minimum atomic E-state index is -1.50. The fourth-order valence-corrected chi connectivity index (χ4v) is 4.63. The van der Waals surface area contributed by atoms with Crippen LogP contribution in [0.1, 0.15) is 61.9 Å². The molecule has 4 atom stereocenters. The van der Waals surface area contributed by atoms with Crippen LogP contribution in [0.3, 0.4) is 0 Å². The molecule has 0 spiro atoms. The molecule has 4 heteroatoms. The van der Waals surface area contributed by atoms with E-state index in [1.165, 1.54) is 11.1 Å². The van der Waals surface area contributed by atoms with Crippen LogP contribution in [0.4, 0.5) is 0 Å². The Morgan fingerprint density at radius 1 is 0.529 bits per heavy atom. The molecule has 0 bridgehead atoms. The number of aryl methyl sites for hydroxylation is 6. The molecule has 34 heavy (non-hydrogen) atoms. The van der Waals surface area contributed by atoms with Gasteiger partial charge in [0.25, 0.3) is 0 Å². The van der Waals surface area contributed by atoms with E-state index in [0.717, 1.165) is 38.9 Å². The zero-order valence-electron chi connectivity index (χ0n) is 21.1. The van der Waals surface area contributed by atoms with Crippen molar-refractivity contribution < 1.29 is 20.4 Å². The van der Waals surface area contributed by atoms with Crippen molar-refractivity contribution in [2.45, 2.75) is 71.7 Å². The average molecular weight is 463 g/mol. The van der Waals surface area contributed by atoms with E-state index in [4.69, 9.17) is 0 Å². The topological polar surface area (TPSA) is 80.9 Å². The third-order valence-corrected chi connectivity index (χ3v) is 7.35. The Balaban J connectivity index is 2.29. The van der Waals surface area contributed by atoms with Gasteiger partial charge >= 0.3 is 0 Å². The first-order chi connectivity index (χ1) is 16.0. The van der Waals surface area contributed by atoms with Crippen molar-refractivity contribution in [1.29, 1.82) is 0 Å². The second kappa shape index (κ2) is 10.8. The van der Waals surface area contributed by atoms with Crippen LogP contribution in [0, 0.1) is 41.5 Å². The second-order valence-electron chi connectivity index (χ2n) is 9.77. The highest BCUT2D eigenvalue weighted by Crippen LogP contribution is 2.43. The summed E-state index contributed by atoms with van der Waals surface area (Å²) in [5, 5.41) is 42.0. The van der Waals surface area contributed by atoms with Crippen LogP contribution in [0.25, 0.3) is 0 Å². The molecule has 0 heterocycles. The summed E-state index contributed by atoms with van der Waals surface area (Å²) in [5.41, 5.74) is 9.82. The zero-order valence-corrected chi connectivity index (χ0v) is 21.1. The lowest BCUT2D eigenvalue weighted by Gasteiger charge is -2.36. The molecule has 0 aliphatic rings. The third kappa shape index (κ3) is 5.42. The SMILES string of the molecule is Cc1ccc(C(c2ccc(C)c(C)c2)[C@H](c2ccc(C)c(C)c2)[C@H](O)[C@H](O)[C@H](O)CO)cc1C. The van der Waals surface area contributed by atoms with Gasteiger partial charge in [0.1, 0.15) is 12.2 Å². The summed E-state index contributed by atoms with van der Waals surface area (Å²) in [7, 11) is 0. The van der Waals surface area contributed by atoms with Gasteiger partial charge in [0, 0.05) is 11.8 Å². The average Bonchev–Trinajstić information content (AvgIpc) is 2.81. The Bertz CT molecular complexity index is 1090. The summed E-state index contributed by atoms with van der Waals surface area (Å²) < 4.78 is 0. The van der Waals surface area contributed by atoms with Crippen LogP contribution in [0.5, 0.6) is 0 Å². The van der Waals surface area contributed by atoms with Gasteiger partial charge < -0.3 is 20.4 Å². The Morgan fingerprint density at radius 3 is 1.29 bits per heavy atom. The fourth-order valence-electron chi connectivity index (χ4n) is 4.63. The summed E-state index contributed by atoms with van der Waals surface area (Å²) >= 11 is 0. The van der Waals surface area contributed by atoms with Gasteiger partial charge in [-0.05, 0) is 91.6 Å². The van der Waals surface area contributed by atoms with Crippen LogP contribution < -0.4 is 0 Å². The van der Waals surface area contributed by atoms with Crippen molar-refractivity contribution in [3.05, 3.63) is 105 Å². The van der Waals surface area contributed by atoms with Crippen molar-refractivity contribution in [2.75, 3.05) is 6.61 Å². The second-order valence-corrected chi connectivity index (χ2v) is 9.77. The Kier molecular flexibility index (Phi) is 8.32. The molecule has 3 aromatic rings. The summed E-state index contributed by atoms with van der Waals surface area (Å²) in [6.07, 6.45) is -4.25. The van der Waals surface area contributed by atoms with Gasteiger partial charge in [-0.15, -0.1) is 0 Å². The number of benzene rings is 3. The maximum absolute atomic E-state index is 11.5. The van der Waals surface area contributed by atoms with Crippen molar-refractivity contribution >= 4 is 0 Å². The Morgan fingerprint density at radius 2 is 0.912 bits per heavy atom. The van der Waals surface area contributed by atoms with Crippen LogP contribution in [-0.2, 0) is 0 Å². The lowest BCUT2D eigenvalue weighted by atomic mass is 9.71. The summed E-state index contributed by atoms with van der Waals surface area (Å²) in [5.74, 6) is -0.837. The molecule has 182 valence electrons. The molecule has 4 nitrogen and oxygen atoms in total. The first-order valence-electron chi connectivity index (χ1n) is 11.9. The molecule has 3 rings (SSSR count).